The third kappa shape index (κ3) is 4.94. The lowest BCUT2D eigenvalue weighted by molar-refractivity contribution is -0.133. The summed E-state index contributed by atoms with van der Waals surface area (Å²) in [6, 6.07) is 8.30. The Morgan fingerprint density at radius 1 is 1.12 bits per heavy atom. The SMILES string of the molecule is NS(=O)(=O)C(CCc1cccc(-c2cccc(Cl)c2F)c1F)[C@@H]1CN(C(=O)C2CC2)CC1(F)F. The number of sulfonamides is 1. The Morgan fingerprint density at radius 2 is 1.74 bits per heavy atom. The molecule has 34 heavy (non-hydrogen) atoms. The average molecular weight is 519 g/mol. The number of rotatable bonds is 7. The molecule has 5 nitrogen and oxygen atoms in total. The summed E-state index contributed by atoms with van der Waals surface area (Å²) in [4.78, 5) is 13.3. The van der Waals surface area contributed by atoms with Crippen LogP contribution in [0.4, 0.5) is 17.6 Å². The molecule has 1 unspecified atom stereocenters. The van der Waals surface area contributed by atoms with Crippen LogP contribution in [0.5, 0.6) is 0 Å². The second-order valence-corrected chi connectivity index (χ2v) is 11.1. The van der Waals surface area contributed by atoms with Crippen molar-refractivity contribution in [1.29, 1.82) is 0 Å². The van der Waals surface area contributed by atoms with E-state index in [9.17, 15) is 26.4 Å². The van der Waals surface area contributed by atoms with Gasteiger partial charge in [-0.2, -0.15) is 0 Å². The van der Waals surface area contributed by atoms with Gasteiger partial charge in [-0.25, -0.2) is 31.1 Å². The molecule has 0 spiro atoms. The summed E-state index contributed by atoms with van der Waals surface area (Å²) in [7, 11) is -4.45. The second kappa shape index (κ2) is 9.13. The molecule has 1 saturated carbocycles. The summed E-state index contributed by atoms with van der Waals surface area (Å²) in [5, 5.41) is 3.43. The van der Waals surface area contributed by atoms with Gasteiger partial charge < -0.3 is 4.90 Å². The van der Waals surface area contributed by atoms with Crippen LogP contribution in [0.25, 0.3) is 11.1 Å². The Morgan fingerprint density at radius 3 is 2.35 bits per heavy atom. The van der Waals surface area contributed by atoms with Crippen molar-refractivity contribution in [1.82, 2.24) is 4.90 Å². The number of amides is 1. The van der Waals surface area contributed by atoms with E-state index in [1.807, 2.05) is 0 Å². The van der Waals surface area contributed by atoms with Crippen molar-refractivity contribution in [2.24, 2.45) is 17.0 Å². The molecule has 184 valence electrons. The Bertz CT molecular complexity index is 1220. The molecule has 0 radical (unpaired) electrons. The number of nitrogens with two attached hydrogens (primary N) is 1. The molecule has 2 N–H and O–H groups in total. The van der Waals surface area contributed by atoms with Crippen LogP contribution >= 0.6 is 11.6 Å². The highest BCUT2D eigenvalue weighted by Gasteiger charge is 2.56. The van der Waals surface area contributed by atoms with Crippen molar-refractivity contribution in [3.8, 4) is 11.1 Å². The molecule has 0 aromatic heterocycles. The van der Waals surface area contributed by atoms with Crippen molar-refractivity contribution in [3.05, 3.63) is 58.6 Å². The lowest BCUT2D eigenvalue weighted by Crippen LogP contribution is -2.43. The third-order valence-corrected chi connectivity index (χ3v) is 8.19. The number of hydrogen-bond donors (Lipinski definition) is 1. The largest absolute Gasteiger partial charge is 0.336 e. The maximum Gasteiger partial charge on any atom is 0.271 e. The molecule has 1 heterocycles. The molecule has 0 bridgehead atoms. The van der Waals surface area contributed by atoms with Gasteiger partial charge in [-0.05, 0) is 37.3 Å². The number of carbonyl (C=O) groups is 1. The number of aryl methyl sites for hydroxylation is 1. The number of carbonyl (C=O) groups excluding carboxylic acids is 1. The smallest absolute Gasteiger partial charge is 0.271 e. The normalized spacial score (nSPS) is 21.0. The van der Waals surface area contributed by atoms with Crippen LogP contribution in [0, 0.1) is 23.5 Å². The van der Waals surface area contributed by atoms with Crippen LogP contribution in [0.15, 0.2) is 36.4 Å². The molecular formula is C23H23ClF4N2O3S. The highest BCUT2D eigenvalue weighted by atomic mass is 35.5. The van der Waals surface area contributed by atoms with Gasteiger partial charge in [0.15, 0.2) is 0 Å². The maximum absolute atomic E-state index is 15.2. The molecule has 2 aromatic carbocycles. The van der Waals surface area contributed by atoms with Crippen LogP contribution in [-0.4, -0.2) is 43.5 Å². The van der Waals surface area contributed by atoms with Crippen molar-refractivity contribution >= 4 is 27.5 Å². The first-order valence-corrected chi connectivity index (χ1v) is 12.8. The summed E-state index contributed by atoms with van der Waals surface area (Å²) in [6.45, 7) is -1.30. The highest BCUT2D eigenvalue weighted by Crippen LogP contribution is 2.41. The minimum Gasteiger partial charge on any atom is -0.336 e. The molecule has 2 aliphatic rings. The Balaban J connectivity index is 1.58. The van der Waals surface area contributed by atoms with Crippen molar-refractivity contribution in [3.63, 3.8) is 0 Å². The topological polar surface area (TPSA) is 80.5 Å². The number of halogens is 5. The minimum absolute atomic E-state index is 0.0257. The predicted molar refractivity (Wildman–Crippen MR) is 120 cm³/mol. The van der Waals surface area contributed by atoms with Gasteiger partial charge in [-0.1, -0.05) is 41.9 Å². The Hall–Kier alpha value is -2.17. The average Bonchev–Trinajstić information content (AvgIpc) is 3.55. The molecule has 1 amide bonds. The molecule has 2 aromatic rings. The minimum atomic E-state index is -4.45. The highest BCUT2D eigenvalue weighted by molar-refractivity contribution is 7.89. The third-order valence-electron chi connectivity index (χ3n) is 6.49. The second-order valence-electron chi connectivity index (χ2n) is 8.91. The van der Waals surface area contributed by atoms with E-state index in [0.717, 1.165) is 4.90 Å². The fraction of sp³-hybridized carbons (Fsp3) is 0.435. The fourth-order valence-electron chi connectivity index (χ4n) is 4.54. The number of nitrogens with zero attached hydrogens (tertiary/aromatic N) is 1. The fourth-order valence-corrected chi connectivity index (χ4v) is 5.90. The van der Waals surface area contributed by atoms with E-state index < -0.39 is 57.7 Å². The lowest BCUT2D eigenvalue weighted by atomic mass is 9.94. The number of hydrogen-bond acceptors (Lipinski definition) is 3. The number of benzene rings is 2. The van der Waals surface area contributed by atoms with Crippen molar-refractivity contribution in [2.75, 3.05) is 13.1 Å². The Labute approximate surface area is 199 Å². The molecule has 2 atom stereocenters. The molecule has 1 aliphatic heterocycles. The number of alkyl halides is 2. The van der Waals surface area contributed by atoms with Gasteiger partial charge in [0.25, 0.3) is 5.92 Å². The Kier molecular flexibility index (Phi) is 6.69. The lowest BCUT2D eigenvalue weighted by Gasteiger charge is -2.25. The van der Waals surface area contributed by atoms with Gasteiger partial charge >= 0.3 is 0 Å². The summed E-state index contributed by atoms with van der Waals surface area (Å²) in [5.74, 6) is -7.47. The van der Waals surface area contributed by atoms with Gasteiger partial charge in [0, 0.05) is 23.6 Å². The van der Waals surface area contributed by atoms with E-state index in [1.165, 1.54) is 36.4 Å². The first kappa shape index (κ1) is 24.9. The van der Waals surface area contributed by atoms with E-state index in [1.54, 1.807) is 0 Å². The zero-order valence-electron chi connectivity index (χ0n) is 18.0. The molecule has 2 fully saturated rings. The number of primary sulfonamides is 1. The molecule has 1 saturated heterocycles. The van der Waals surface area contributed by atoms with Crippen LogP contribution in [-0.2, 0) is 21.2 Å². The van der Waals surface area contributed by atoms with Gasteiger partial charge in [-0.3, -0.25) is 4.79 Å². The zero-order valence-corrected chi connectivity index (χ0v) is 19.6. The molecule has 4 rings (SSSR count). The van der Waals surface area contributed by atoms with E-state index in [-0.39, 0.29) is 40.5 Å². The molecule has 11 heteroatoms. The zero-order chi connectivity index (χ0) is 24.8. The summed E-state index contributed by atoms with van der Waals surface area (Å²) >= 11 is 5.79. The summed E-state index contributed by atoms with van der Waals surface area (Å²) < 4.78 is 83.8. The number of likely N-dealkylation sites (tertiary alicyclic amines) is 1. The van der Waals surface area contributed by atoms with Gasteiger partial charge in [0.2, 0.25) is 15.9 Å². The van der Waals surface area contributed by atoms with Gasteiger partial charge in [0.05, 0.1) is 22.7 Å². The first-order chi connectivity index (χ1) is 15.9. The van der Waals surface area contributed by atoms with E-state index >= 15 is 4.39 Å². The molecule has 1 aliphatic carbocycles. The van der Waals surface area contributed by atoms with Gasteiger partial charge in [-0.15, -0.1) is 0 Å². The van der Waals surface area contributed by atoms with E-state index in [4.69, 9.17) is 16.7 Å². The van der Waals surface area contributed by atoms with E-state index in [2.05, 4.69) is 0 Å². The summed E-state index contributed by atoms with van der Waals surface area (Å²) in [6.07, 6.45) is 0.648. The van der Waals surface area contributed by atoms with Crippen molar-refractivity contribution in [2.45, 2.75) is 36.9 Å². The predicted octanol–water partition coefficient (Wildman–Crippen LogP) is 4.38. The van der Waals surface area contributed by atoms with Crippen LogP contribution in [0.3, 0.4) is 0 Å². The molecular weight excluding hydrogens is 496 g/mol. The van der Waals surface area contributed by atoms with Crippen LogP contribution in [0.1, 0.15) is 24.8 Å². The standard InChI is InChI=1S/C23H23ClF4N2O3S/c24-18-6-2-5-16(21(18)26)15-4-1-3-13(20(15)25)9-10-19(34(29,32)33)17-11-30(12-23(17,27)28)22(31)14-7-8-14/h1-6,14,17,19H,7-12H2,(H2,29,32,33)/t17-,19?/m0/s1. The monoisotopic (exact) mass is 518 g/mol. The first-order valence-electron chi connectivity index (χ1n) is 10.8. The quantitative estimate of drug-likeness (QED) is 0.552. The van der Waals surface area contributed by atoms with Crippen LogP contribution in [0.2, 0.25) is 5.02 Å². The van der Waals surface area contributed by atoms with Crippen molar-refractivity contribution < 1.29 is 30.8 Å². The summed E-state index contributed by atoms with van der Waals surface area (Å²) in [5.41, 5.74) is -0.138. The van der Waals surface area contributed by atoms with Gasteiger partial charge in [0.1, 0.15) is 11.6 Å². The van der Waals surface area contributed by atoms with Crippen LogP contribution < -0.4 is 5.14 Å². The maximum atomic E-state index is 15.2. The van der Waals surface area contributed by atoms with E-state index in [0.29, 0.717) is 12.8 Å².